The van der Waals surface area contributed by atoms with Crippen molar-refractivity contribution in [1.82, 2.24) is 9.78 Å². The molecule has 2 N–H and O–H groups in total. The van der Waals surface area contributed by atoms with Crippen LogP contribution in [0.25, 0.3) is 0 Å². The molecule has 0 atom stereocenters. The second kappa shape index (κ2) is 5.18. The van der Waals surface area contributed by atoms with Crippen LogP contribution in [0.2, 0.25) is 0 Å². The Hall–Kier alpha value is -2.56. The molecular formula is C10H12N4O4. The Kier molecular flexibility index (Phi) is 3.89. The highest BCUT2D eigenvalue weighted by Crippen LogP contribution is 2.21. The van der Waals surface area contributed by atoms with Crippen LogP contribution in [0.4, 0.5) is 5.82 Å². The summed E-state index contributed by atoms with van der Waals surface area (Å²) in [6.07, 6.45) is 0. The molecule has 1 heterocycles. The Morgan fingerprint density at radius 3 is 2.28 bits per heavy atom. The van der Waals surface area contributed by atoms with Crippen molar-refractivity contribution < 1.29 is 19.8 Å². The highest BCUT2D eigenvalue weighted by Gasteiger charge is 2.23. The van der Waals surface area contributed by atoms with Gasteiger partial charge in [0.2, 0.25) is 0 Å². The fourth-order valence-corrected chi connectivity index (χ4v) is 1.67. The van der Waals surface area contributed by atoms with E-state index in [2.05, 4.69) is 5.10 Å². The van der Waals surface area contributed by atoms with Crippen molar-refractivity contribution in [3.05, 3.63) is 11.3 Å². The van der Waals surface area contributed by atoms with Crippen molar-refractivity contribution in [2.75, 3.05) is 18.0 Å². The Bertz CT molecular complexity index is 513. The number of aryl methyl sites for hydroxylation is 2. The lowest BCUT2D eigenvalue weighted by molar-refractivity contribution is -0.136. The molecule has 0 unspecified atom stereocenters. The van der Waals surface area contributed by atoms with Crippen molar-refractivity contribution in [2.45, 2.75) is 6.92 Å². The molecule has 8 heteroatoms. The van der Waals surface area contributed by atoms with Gasteiger partial charge in [0.05, 0.1) is 5.69 Å². The van der Waals surface area contributed by atoms with Gasteiger partial charge in [0.15, 0.2) is 0 Å². The summed E-state index contributed by atoms with van der Waals surface area (Å²) in [5.41, 5.74) is 0.607. The summed E-state index contributed by atoms with van der Waals surface area (Å²) in [4.78, 5) is 22.6. The minimum atomic E-state index is -1.18. The summed E-state index contributed by atoms with van der Waals surface area (Å²) in [7, 11) is 1.53. The van der Waals surface area contributed by atoms with Crippen LogP contribution in [0.15, 0.2) is 0 Å². The van der Waals surface area contributed by atoms with Crippen LogP contribution in [0, 0.1) is 18.3 Å². The summed E-state index contributed by atoms with van der Waals surface area (Å²) >= 11 is 0. The first kappa shape index (κ1) is 13.5. The van der Waals surface area contributed by atoms with Gasteiger partial charge in [-0.1, -0.05) is 0 Å². The predicted octanol–water partition coefficient (Wildman–Crippen LogP) is -0.424. The zero-order valence-electron chi connectivity index (χ0n) is 9.91. The Balaban J connectivity index is 3.24. The molecule has 1 aromatic heterocycles. The van der Waals surface area contributed by atoms with E-state index in [1.165, 1.54) is 11.7 Å². The van der Waals surface area contributed by atoms with Crippen molar-refractivity contribution in [2.24, 2.45) is 7.05 Å². The molecule has 0 aliphatic heterocycles. The molecule has 0 aliphatic carbocycles. The number of hydrogen-bond donors (Lipinski definition) is 2. The molecule has 0 spiro atoms. The van der Waals surface area contributed by atoms with E-state index < -0.39 is 25.0 Å². The van der Waals surface area contributed by atoms with Gasteiger partial charge in [-0.3, -0.25) is 14.3 Å². The zero-order valence-corrected chi connectivity index (χ0v) is 9.91. The second-order valence-corrected chi connectivity index (χ2v) is 3.66. The highest BCUT2D eigenvalue weighted by molar-refractivity contribution is 5.80. The maximum Gasteiger partial charge on any atom is 0.323 e. The normalized spacial score (nSPS) is 9.83. The molecule has 0 amide bonds. The van der Waals surface area contributed by atoms with Crippen LogP contribution in [-0.4, -0.2) is 45.0 Å². The van der Waals surface area contributed by atoms with Crippen LogP contribution < -0.4 is 4.90 Å². The lowest BCUT2D eigenvalue weighted by Crippen LogP contribution is -2.36. The predicted molar refractivity (Wildman–Crippen MR) is 60.1 cm³/mol. The third-order valence-corrected chi connectivity index (χ3v) is 2.26. The number of nitriles is 1. The van der Waals surface area contributed by atoms with Crippen molar-refractivity contribution in [3.8, 4) is 6.07 Å². The number of nitrogens with zero attached hydrogens (tertiary/aromatic N) is 4. The summed E-state index contributed by atoms with van der Waals surface area (Å²) in [6.45, 7) is 0.571. The molecule has 1 rings (SSSR count). The number of carbonyl (C=O) groups is 2. The Labute approximate surface area is 103 Å². The average molecular weight is 252 g/mol. The molecule has 0 saturated carbocycles. The van der Waals surface area contributed by atoms with Crippen LogP contribution in [0.1, 0.15) is 11.3 Å². The summed E-state index contributed by atoms with van der Waals surface area (Å²) in [5, 5.41) is 30.5. The van der Waals surface area contributed by atoms with Gasteiger partial charge in [-0.15, -0.1) is 0 Å². The van der Waals surface area contributed by atoms with E-state index in [1.54, 1.807) is 6.92 Å². The number of aromatic nitrogens is 2. The molecule has 96 valence electrons. The van der Waals surface area contributed by atoms with Crippen molar-refractivity contribution >= 4 is 17.8 Å². The maximum absolute atomic E-state index is 10.7. The monoisotopic (exact) mass is 252 g/mol. The van der Waals surface area contributed by atoms with Crippen LogP contribution in [0.3, 0.4) is 0 Å². The molecule has 0 saturated heterocycles. The number of anilines is 1. The van der Waals surface area contributed by atoms with E-state index in [0.29, 0.717) is 5.69 Å². The van der Waals surface area contributed by atoms with E-state index in [0.717, 1.165) is 4.90 Å². The average Bonchev–Trinajstić information content (AvgIpc) is 2.50. The zero-order chi connectivity index (χ0) is 13.9. The van der Waals surface area contributed by atoms with Gasteiger partial charge in [-0.05, 0) is 6.92 Å². The minimum absolute atomic E-state index is 0.181. The molecule has 1 aromatic rings. The maximum atomic E-state index is 10.7. The largest absolute Gasteiger partial charge is 0.480 e. The standard InChI is InChI=1S/C10H12N4O4/c1-6-7(3-11)10(13(2)12-6)14(4-8(15)16)5-9(17)18/h4-5H2,1-2H3,(H,15,16)(H,17,18). The Morgan fingerprint density at radius 2 is 1.89 bits per heavy atom. The molecule has 0 aromatic carbocycles. The molecule has 8 nitrogen and oxygen atoms in total. The second-order valence-electron chi connectivity index (χ2n) is 3.66. The lowest BCUT2D eigenvalue weighted by Gasteiger charge is -2.20. The van der Waals surface area contributed by atoms with Gasteiger partial charge in [-0.2, -0.15) is 10.4 Å². The van der Waals surface area contributed by atoms with Crippen LogP contribution in [0.5, 0.6) is 0 Å². The molecule has 18 heavy (non-hydrogen) atoms. The van der Waals surface area contributed by atoms with E-state index in [1.807, 2.05) is 6.07 Å². The van der Waals surface area contributed by atoms with Crippen LogP contribution >= 0.6 is 0 Å². The molecule has 0 bridgehead atoms. The summed E-state index contributed by atoms with van der Waals surface area (Å²) < 4.78 is 1.31. The quantitative estimate of drug-likeness (QED) is 0.729. The molecule has 0 fully saturated rings. The topological polar surface area (TPSA) is 119 Å². The third-order valence-electron chi connectivity index (χ3n) is 2.26. The third kappa shape index (κ3) is 2.76. The van der Waals surface area contributed by atoms with Gasteiger partial charge >= 0.3 is 11.9 Å². The van der Waals surface area contributed by atoms with E-state index >= 15 is 0 Å². The molecule has 0 aliphatic rings. The first-order valence-corrected chi connectivity index (χ1v) is 4.99. The fraction of sp³-hybridized carbons (Fsp3) is 0.400. The first-order valence-electron chi connectivity index (χ1n) is 4.99. The lowest BCUT2D eigenvalue weighted by atomic mass is 10.2. The highest BCUT2D eigenvalue weighted by atomic mass is 16.4. The van der Waals surface area contributed by atoms with Gasteiger partial charge in [0.25, 0.3) is 0 Å². The number of carboxylic acid groups (broad SMARTS) is 2. The number of hydrogen-bond acceptors (Lipinski definition) is 5. The van der Waals surface area contributed by atoms with Crippen molar-refractivity contribution in [3.63, 3.8) is 0 Å². The molecule has 0 radical (unpaired) electrons. The van der Waals surface area contributed by atoms with E-state index in [4.69, 9.17) is 15.5 Å². The number of carboxylic acids is 2. The number of aliphatic carboxylic acids is 2. The SMILES string of the molecule is Cc1nn(C)c(N(CC(=O)O)CC(=O)O)c1C#N. The smallest absolute Gasteiger partial charge is 0.323 e. The van der Waals surface area contributed by atoms with E-state index in [-0.39, 0.29) is 11.4 Å². The van der Waals surface area contributed by atoms with E-state index in [9.17, 15) is 9.59 Å². The van der Waals surface area contributed by atoms with Gasteiger partial charge in [-0.25, -0.2) is 0 Å². The minimum Gasteiger partial charge on any atom is -0.480 e. The van der Waals surface area contributed by atoms with Crippen LogP contribution in [-0.2, 0) is 16.6 Å². The molecular weight excluding hydrogens is 240 g/mol. The van der Waals surface area contributed by atoms with Gasteiger partial charge in [0, 0.05) is 7.05 Å². The first-order chi connectivity index (χ1) is 8.36. The van der Waals surface area contributed by atoms with Gasteiger partial charge in [0.1, 0.15) is 30.5 Å². The number of rotatable bonds is 5. The van der Waals surface area contributed by atoms with Crippen molar-refractivity contribution in [1.29, 1.82) is 5.26 Å². The fourth-order valence-electron chi connectivity index (χ4n) is 1.67. The van der Waals surface area contributed by atoms with Gasteiger partial charge < -0.3 is 15.1 Å². The summed E-state index contributed by atoms with van der Waals surface area (Å²) in [6, 6.07) is 1.90. The summed E-state index contributed by atoms with van der Waals surface area (Å²) in [5.74, 6) is -2.17. The Morgan fingerprint density at radius 1 is 1.39 bits per heavy atom.